The van der Waals surface area contributed by atoms with Gasteiger partial charge in [0.05, 0.1) is 11.6 Å². The molecule has 5 nitrogen and oxygen atoms in total. The standard InChI is InChI=1S/C14H17FN4OS/c1-3-5-16-12-11(15)10(4-6-17-12)13(20)19-9(2)14-18-7-8-21-14/h4,6-9H,3,5H2,1-2H3,(H,16,17)(H,19,20). The van der Waals surface area contributed by atoms with E-state index in [-0.39, 0.29) is 17.4 Å². The van der Waals surface area contributed by atoms with E-state index in [1.807, 2.05) is 19.2 Å². The number of carbonyl (C=O) groups excluding carboxylic acids is 1. The number of anilines is 1. The first-order valence-electron chi connectivity index (χ1n) is 6.72. The van der Waals surface area contributed by atoms with E-state index in [4.69, 9.17) is 0 Å². The van der Waals surface area contributed by atoms with Crippen LogP contribution in [0.15, 0.2) is 23.8 Å². The highest BCUT2D eigenvalue weighted by Gasteiger charge is 2.18. The smallest absolute Gasteiger partial charge is 0.255 e. The van der Waals surface area contributed by atoms with Crippen LogP contribution in [-0.2, 0) is 0 Å². The lowest BCUT2D eigenvalue weighted by Crippen LogP contribution is -2.27. The van der Waals surface area contributed by atoms with Crippen LogP contribution in [0.1, 0.15) is 41.7 Å². The Balaban J connectivity index is 2.12. The van der Waals surface area contributed by atoms with Gasteiger partial charge in [-0.15, -0.1) is 11.3 Å². The van der Waals surface area contributed by atoms with E-state index in [9.17, 15) is 9.18 Å². The lowest BCUT2D eigenvalue weighted by molar-refractivity contribution is 0.0935. The van der Waals surface area contributed by atoms with Crippen molar-refractivity contribution in [1.82, 2.24) is 15.3 Å². The zero-order valence-corrected chi connectivity index (χ0v) is 12.7. The van der Waals surface area contributed by atoms with Crippen molar-refractivity contribution in [3.05, 3.63) is 40.2 Å². The van der Waals surface area contributed by atoms with Gasteiger partial charge in [-0.3, -0.25) is 4.79 Å². The minimum atomic E-state index is -0.630. The average Bonchev–Trinajstić information content (AvgIpc) is 3.00. The molecule has 0 bridgehead atoms. The molecule has 0 saturated carbocycles. The van der Waals surface area contributed by atoms with Gasteiger partial charge in [0.2, 0.25) is 0 Å². The summed E-state index contributed by atoms with van der Waals surface area (Å²) in [5.74, 6) is -1.00. The fraction of sp³-hybridized carbons (Fsp3) is 0.357. The molecule has 0 aliphatic rings. The number of halogens is 1. The van der Waals surface area contributed by atoms with E-state index in [1.54, 1.807) is 6.20 Å². The van der Waals surface area contributed by atoms with E-state index < -0.39 is 11.7 Å². The molecule has 2 aromatic heterocycles. The fourth-order valence-electron chi connectivity index (χ4n) is 1.77. The summed E-state index contributed by atoms with van der Waals surface area (Å²) in [4.78, 5) is 20.2. The molecule has 0 aliphatic heterocycles. The molecular weight excluding hydrogens is 291 g/mol. The van der Waals surface area contributed by atoms with Gasteiger partial charge < -0.3 is 10.6 Å². The molecule has 7 heteroatoms. The van der Waals surface area contributed by atoms with Crippen LogP contribution in [0.25, 0.3) is 0 Å². The van der Waals surface area contributed by atoms with Gasteiger partial charge in [0.15, 0.2) is 11.6 Å². The molecule has 2 heterocycles. The summed E-state index contributed by atoms with van der Waals surface area (Å²) >= 11 is 1.44. The number of hydrogen-bond donors (Lipinski definition) is 2. The quantitative estimate of drug-likeness (QED) is 0.861. The molecule has 2 rings (SSSR count). The van der Waals surface area contributed by atoms with Crippen molar-refractivity contribution in [3.63, 3.8) is 0 Å². The molecule has 0 fully saturated rings. The highest BCUT2D eigenvalue weighted by molar-refractivity contribution is 7.09. The molecule has 112 valence electrons. The van der Waals surface area contributed by atoms with Gasteiger partial charge in [0, 0.05) is 24.3 Å². The van der Waals surface area contributed by atoms with Crippen LogP contribution in [0.4, 0.5) is 10.2 Å². The highest BCUT2D eigenvalue weighted by Crippen LogP contribution is 2.18. The number of amides is 1. The van der Waals surface area contributed by atoms with Crippen molar-refractivity contribution in [1.29, 1.82) is 0 Å². The largest absolute Gasteiger partial charge is 0.368 e. The number of hydrogen-bond acceptors (Lipinski definition) is 5. The molecule has 1 unspecified atom stereocenters. The zero-order chi connectivity index (χ0) is 15.2. The number of carbonyl (C=O) groups is 1. The summed E-state index contributed by atoms with van der Waals surface area (Å²) in [5.41, 5.74) is -0.0213. The Kier molecular flexibility index (Phi) is 5.21. The van der Waals surface area contributed by atoms with Crippen molar-refractivity contribution >= 4 is 23.1 Å². The van der Waals surface area contributed by atoms with E-state index in [1.165, 1.54) is 23.6 Å². The second kappa shape index (κ2) is 7.12. The third-order valence-corrected chi connectivity index (χ3v) is 3.80. The fourth-order valence-corrected chi connectivity index (χ4v) is 2.42. The third-order valence-electron chi connectivity index (χ3n) is 2.85. The summed E-state index contributed by atoms with van der Waals surface area (Å²) < 4.78 is 14.2. The normalized spacial score (nSPS) is 12.0. The summed E-state index contributed by atoms with van der Waals surface area (Å²) in [6.07, 6.45) is 3.94. The zero-order valence-electron chi connectivity index (χ0n) is 11.9. The lowest BCUT2D eigenvalue weighted by Gasteiger charge is -2.13. The van der Waals surface area contributed by atoms with Gasteiger partial charge in [-0.05, 0) is 19.4 Å². The highest BCUT2D eigenvalue weighted by atomic mass is 32.1. The Morgan fingerprint density at radius 2 is 2.24 bits per heavy atom. The Morgan fingerprint density at radius 1 is 1.43 bits per heavy atom. The molecule has 1 atom stereocenters. The Morgan fingerprint density at radius 3 is 2.90 bits per heavy atom. The van der Waals surface area contributed by atoms with Gasteiger partial charge in [-0.1, -0.05) is 6.92 Å². The monoisotopic (exact) mass is 308 g/mol. The van der Waals surface area contributed by atoms with Crippen LogP contribution >= 0.6 is 11.3 Å². The van der Waals surface area contributed by atoms with Crippen LogP contribution in [-0.4, -0.2) is 22.4 Å². The molecule has 0 saturated heterocycles. The second-order valence-corrected chi connectivity index (χ2v) is 5.44. The topological polar surface area (TPSA) is 66.9 Å². The number of thiazole rings is 1. The van der Waals surface area contributed by atoms with Gasteiger partial charge >= 0.3 is 0 Å². The maximum atomic E-state index is 14.2. The summed E-state index contributed by atoms with van der Waals surface area (Å²) in [6, 6.07) is 1.10. The van der Waals surface area contributed by atoms with E-state index in [2.05, 4.69) is 20.6 Å². The number of nitrogens with zero attached hydrogens (tertiary/aromatic N) is 2. The van der Waals surface area contributed by atoms with Gasteiger partial charge in [-0.25, -0.2) is 14.4 Å². The first-order valence-corrected chi connectivity index (χ1v) is 7.60. The summed E-state index contributed by atoms with van der Waals surface area (Å²) in [7, 11) is 0. The summed E-state index contributed by atoms with van der Waals surface area (Å²) in [6.45, 7) is 4.38. The number of nitrogens with one attached hydrogen (secondary N) is 2. The Hall–Kier alpha value is -2.02. The van der Waals surface area contributed by atoms with Gasteiger partial charge in [0.1, 0.15) is 5.01 Å². The van der Waals surface area contributed by atoms with Crippen LogP contribution in [0.3, 0.4) is 0 Å². The molecule has 2 aromatic rings. The third kappa shape index (κ3) is 3.75. The maximum Gasteiger partial charge on any atom is 0.255 e. The predicted molar refractivity (Wildman–Crippen MR) is 81.0 cm³/mol. The molecule has 0 aromatic carbocycles. The minimum Gasteiger partial charge on any atom is -0.368 e. The second-order valence-electron chi connectivity index (χ2n) is 4.51. The molecule has 1 amide bonds. The van der Waals surface area contributed by atoms with E-state index in [0.717, 1.165) is 11.4 Å². The van der Waals surface area contributed by atoms with Crippen molar-refractivity contribution in [2.45, 2.75) is 26.3 Å². The molecule has 0 spiro atoms. The lowest BCUT2D eigenvalue weighted by atomic mass is 10.2. The van der Waals surface area contributed by atoms with E-state index in [0.29, 0.717) is 6.54 Å². The van der Waals surface area contributed by atoms with Crippen molar-refractivity contribution in [2.24, 2.45) is 0 Å². The molecule has 21 heavy (non-hydrogen) atoms. The summed E-state index contributed by atoms with van der Waals surface area (Å²) in [5, 5.41) is 8.21. The number of rotatable bonds is 6. The molecule has 0 aliphatic carbocycles. The van der Waals surface area contributed by atoms with Crippen LogP contribution < -0.4 is 10.6 Å². The first kappa shape index (κ1) is 15.4. The van der Waals surface area contributed by atoms with E-state index >= 15 is 0 Å². The SMILES string of the molecule is CCCNc1nccc(C(=O)NC(C)c2nccs2)c1F. The molecule has 0 radical (unpaired) electrons. The minimum absolute atomic E-state index is 0.0213. The average molecular weight is 308 g/mol. The Labute approximate surface area is 126 Å². The van der Waals surface area contributed by atoms with Crippen molar-refractivity contribution in [2.75, 3.05) is 11.9 Å². The van der Waals surface area contributed by atoms with Gasteiger partial charge in [-0.2, -0.15) is 0 Å². The first-order chi connectivity index (χ1) is 10.1. The van der Waals surface area contributed by atoms with Crippen LogP contribution in [0.5, 0.6) is 0 Å². The van der Waals surface area contributed by atoms with Crippen molar-refractivity contribution in [3.8, 4) is 0 Å². The molecule has 2 N–H and O–H groups in total. The van der Waals surface area contributed by atoms with Crippen molar-refractivity contribution < 1.29 is 9.18 Å². The molecular formula is C14H17FN4OS. The van der Waals surface area contributed by atoms with Crippen LogP contribution in [0, 0.1) is 5.82 Å². The Bertz CT molecular complexity index is 603. The predicted octanol–water partition coefficient (Wildman–Crippen LogP) is 2.99. The number of pyridine rings is 1. The van der Waals surface area contributed by atoms with Gasteiger partial charge in [0.25, 0.3) is 5.91 Å². The van der Waals surface area contributed by atoms with Crippen LogP contribution in [0.2, 0.25) is 0 Å². The maximum absolute atomic E-state index is 14.2. The number of aromatic nitrogens is 2.